The number of unbranched alkanes of at least 4 members (excludes halogenated alkanes) is 1. The Morgan fingerprint density at radius 2 is 1.90 bits per heavy atom. The Labute approximate surface area is 134 Å². The first-order chi connectivity index (χ1) is 10.1. The lowest BCUT2D eigenvalue weighted by atomic mass is 10.1. The molecule has 1 rings (SSSR count). The van der Waals surface area contributed by atoms with Crippen molar-refractivity contribution in [2.45, 2.75) is 32.7 Å². The average Bonchev–Trinajstić information content (AvgIpc) is 2.49. The summed E-state index contributed by atoms with van der Waals surface area (Å²) in [6.07, 6.45) is 2.31. The van der Waals surface area contributed by atoms with E-state index in [2.05, 4.69) is 36.3 Å². The summed E-state index contributed by atoms with van der Waals surface area (Å²) in [4.78, 5) is 2.36. The summed E-state index contributed by atoms with van der Waals surface area (Å²) in [5.41, 5.74) is 1.30. The molecule has 1 N–H and O–H groups in total. The molecule has 0 aromatic heterocycles. The van der Waals surface area contributed by atoms with Crippen LogP contribution < -0.4 is 5.32 Å². The maximum atomic E-state index is 5.93. The summed E-state index contributed by atoms with van der Waals surface area (Å²) in [5.74, 6) is 0. The Hall–Kier alpha value is -0.610. The minimum absolute atomic E-state index is 0.405. The van der Waals surface area contributed by atoms with Crippen LogP contribution in [0.2, 0.25) is 5.02 Å². The van der Waals surface area contributed by atoms with Gasteiger partial charge in [-0.05, 0) is 58.0 Å². The maximum Gasteiger partial charge on any atom is 0.0466 e. The fraction of sp³-hybridized carbons (Fsp3) is 0.647. The number of rotatable bonds is 11. The zero-order valence-electron chi connectivity index (χ0n) is 13.6. The van der Waals surface area contributed by atoms with Gasteiger partial charge >= 0.3 is 0 Å². The van der Waals surface area contributed by atoms with Gasteiger partial charge in [-0.3, -0.25) is 4.90 Å². The lowest BCUT2D eigenvalue weighted by molar-refractivity contribution is 0.143. The van der Waals surface area contributed by atoms with Crippen LogP contribution >= 0.6 is 11.6 Å². The zero-order valence-corrected chi connectivity index (χ0v) is 14.3. The van der Waals surface area contributed by atoms with Crippen LogP contribution in [0.3, 0.4) is 0 Å². The predicted molar refractivity (Wildman–Crippen MR) is 91.1 cm³/mol. The highest BCUT2D eigenvalue weighted by Gasteiger charge is 2.10. The molecule has 0 aliphatic heterocycles. The molecule has 4 heteroatoms. The summed E-state index contributed by atoms with van der Waals surface area (Å²) in [7, 11) is 2.16. The second kappa shape index (κ2) is 11.0. The Bertz CT molecular complexity index is 370. The molecule has 0 amide bonds. The highest BCUT2D eigenvalue weighted by atomic mass is 35.5. The van der Waals surface area contributed by atoms with E-state index >= 15 is 0 Å². The quantitative estimate of drug-likeness (QED) is 0.630. The zero-order chi connectivity index (χ0) is 15.5. The molecule has 0 heterocycles. The molecular formula is C17H29ClN2O. The Balaban J connectivity index is 2.12. The molecule has 1 atom stereocenters. The van der Waals surface area contributed by atoms with Gasteiger partial charge < -0.3 is 10.1 Å². The lowest BCUT2D eigenvalue weighted by Crippen LogP contribution is -2.31. The fourth-order valence-corrected chi connectivity index (χ4v) is 2.29. The molecule has 0 aliphatic carbocycles. The first kappa shape index (κ1) is 18.4. The molecule has 0 aliphatic rings. The molecule has 1 unspecified atom stereocenters. The highest BCUT2D eigenvalue weighted by Crippen LogP contribution is 2.20. The smallest absolute Gasteiger partial charge is 0.0466 e. The van der Waals surface area contributed by atoms with Gasteiger partial charge in [-0.2, -0.15) is 0 Å². The Morgan fingerprint density at radius 3 is 2.57 bits per heavy atom. The largest absolute Gasteiger partial charge is 0.382 e. The third-order valence-corrected chi connectivity index (χ3v) is 4.00. The lowest BCUT2D eigenvalue weighted by Gasteiger charge is -2.25. The third kappa shape index (κ3) is 7.82. The van der Waals surface area contributed by atoms with E-state index in [1.165, 1.54) is 12.0 Å². The van der Waals surface area contributed by atoms with E-state index in [0.717, 1.165) is 44.3 Å². The normalized spacial score (nSPS) is 12.8. The van der Waals surface area contributed by atoms with Crippen molar-refractivity contribution in [1.29, 1.82) is 0 Å². The molecule has 1 aromatic carbocycles. The second-order valence-corrected chi connectivity index (χ2v) is 5.80. The number of nitrogens with one attached hydrogen (secondary N) is 1. The van der Waals surface area contributed by atoms with Gasteiger partial charge in [-0.25, -0.2) is 0 Å². The van der Waals surface area contributed by atoms with Gasteiger partial charge in [-0.15, -0.1) is 0 Å². The monoisotopic (exact) mass is 312 g/mol. The molecule has 1 aromatic rings. The predicted octanol–water partition coefficient (Wildman–Crippen LogP) is 3.74. The number of nitrogens with zero attached hydrogens (tertiary/aromatic N) is 1. The van der Waals surface area contributed by atoms with E-state index in [-0.39, 0.29) is 0 Å². The van der Waals surface area contributed by atoms with E-state index in [9.17, 15) is 0 Å². The number of hydrogen-bond donors (Lipinski definition) is 1. The molecular weight excluding hydrogens is 284 g/mol. The minimum atomic E-state index is 0.405. The van der Waals surface area contributed by atoms with E-state index in [1.54, 1.807) is 0 Å². The standard InChI is InChI=1S/C17H29ClN2O/c1-4-21-14-6-5-11-19-12-13-20(3)15(2)16-7-9-17(18)10-8-16/h7-10,15,19H,4-6,11-14H2,1-3H3. The topological polar surface area (TPSA) is 24.5 Å². The van der Waals surface area contributed by atoms with Crippen LogP contribution in [0.4, 0.5) is 0 Å². The summed E-state index contributed by atoms with van der Waals surface area (Å²) < 4.78 is 5.32. The average molecular weight is 313 g/mol. The van der Waals surface area contributed by atoms with Crippen molar-refractivity contribution in [3.8, 4) is 0 Å². The van der Waals surface area contributed by atoms with E-state index in [4.69, 9.17) is 16.3 Å². The maximum absolute atomic E-state index is 5.93. The van der Waals surface area contributed by atoms with Crippen LogP contribution in [0.1, 0.15) is 38.3 Å². The first-order valence-electron chi connectivity index (χ1n) is 7.89. The summed E-state index contributed by atoms with van der Waals surface area (Å²) >= 11 is 5.93. The molecule has 0 saturated carbocycles. The highest BCUT2D eigenvalue weighted by molar-refractivity contribution is 6.30. The van der Waals surface area contributed by atoms with E-state index in [1.807, 2.05) is 19.1 Å². The Kier molecular flexibility index (Phi) is 9.68. The van der Waals surface area contributed by atoms with Crippen molar-refractivity contribution in [3.63, 3.8) is 0 Å². The van der Waals surface area contributed by atoms with Gasteiger partial charge in [-0.1, -0.05) is 23.7 Å². The van der Waals surface area contributed by atoms with Crippen LogP contribution in [-0.4, -0.2) is 44.8 Å². The van der Waals surface area contributed by atoms with Crippen LogP contribution in [-0.2, 0) is 4.74 Å². The summed E-state index contributed by atoms with van der Waals surface area (Å²) in [5, 5.41) is 4.28. The van der Waals surface area contributed by atoms with Gasteiger partial charge in [0.1, 0.15) is 0 Å². The molecule has 0 radical (unpaired) electrons. The fourth-order valence-electron chi connectivity index (χ4n) is 2.17. The first-order valence-corrected chi connectivity index (χ1v) is 8.27. The van der Waals surface area contributed by atoms with Gasteiger partial charge in [0.2, 0.25) is 0 Å². The molecule has 3 nitrogen and oxygen atoms in total. The van der Waals surface area contributed by atoms with Crippen LogP contribution in [0.5, 0.6) is 0 Å². The van der Waals surface area contributed by atoms with Gasteiger partial charge in [0, 0.05) is 37.4 Å². The van der Waals surface area contributed by atoms with Gasteiger partial charge in [0.25, 0.3) is 0 Å². The van der Waals surface area contributed by atoms with Crippen molar-refractivity contribution in [1.82, 2.24) is 10.2 Å². The van der Waals surface area contributed by atoms with Crippen molar-refractivity contribution in [2.24, 2.45) is 0 Å². The minimum Gasteiger partial charge on any atom is -0.382 e. The van der Waals surface area contributed by atoms with Crippen molar-refractivity contribution in [2.75, 3.05) is 39.9 Å². The number of halogens is 1. The number of ether oxygens (including phenoxy) is 1. The second-order valence-electron chi connectivity index (χ2n) is 5.36. The number of likely N-dealkylation sites (N-methyl/N-ethyl adjacent to an activating group) is 1. The summed E-state index contributed by atoms with van der Waals surface area (Å²) in [6, 6.07) is 8.52. The summed E-state index contributed by atoms with van der Waals surface area (Å²) in [6.45, 7) is 9.09. The van der Waals surface area contributed by atoms with Crippen molar-refractivity contribution in [3.05, 3.63) is 34.9 Å². The molecule has 0 bridgehead atoms. The van der Waals surface area contributed by atoms with Crippen LogP contribution in [0.15, 0.2) is 24.3 Å². The van der Waals surface area contributed by atoms with Crippen LogP contribution in [0, 0.1) is 0 Å². The van der Waals surface area contributed by atoms with Crippen molar-refractivity contribution >= 4 is 11.6 Å². The molecule has 120 valence electrons. The molecule has 0 fully saturated rings. The number of hydrogen-bond acceptors (Lipinski definition) is 3. The number of benzene rings is 1. The molecule has 0 spiro atoms. The molecule has 21 heavy (non-hydrogen) atoms. The van der Waals surface area contributed by atoms with Crippen molar-refractivity contribution < 1.29 is 4.74 Å². The van der Waals surface area contributed by atoms with E-state index in [0.29, 0.717) is 6.04 Å². The Morgan fingerprint density at radius 1 is 1.19 bits per heavy atom. The van der Waals surface area contributed by atoms with Gasteiger partial charge in [0.15, 0.2) is 0 Å². The third-order valence-electron chi connectivity index (χ3n) is 3.75. The van der Waals surface area contributed by atoms with E-state index < -0.39 is 0 Å². The molecule has 0 saturated heterocycles. The van der Waals surface area contributed by atoms with Gasteiger partial charge in [0.05, 0.1) is 0 Å². The SMILES string of the molecule is CCOCCCCNCCN(C)C(C)c1ccc(Cl)cc1. The van der Waals surface area contributed by atoms with Crippen LogP contribution in [0.25, 0.3) is 0 Å².